The van der Waals surface area contributed by atoms with Gasteiger partial charge in [-0.25, -0.2) is 19.8 Å². The van der Waals surface area contributed by atoms with Crippen LogP contribution in [0.1, 0.15) is 16.8 Å². The molecule has 0 unspecified atom stereocenters. The second kappa shape index (κ2) is 12.2. The van der Waals surface area contributed by atoms with Crippen LogP contribution in [0.4, 0.5) is 9.18 Å². The molecule has 0 saturated carbocycles. The summed E-state index contributed by atoms with van der Waals surface area (Å²) in [4.78, 5) is 48.1. The average molecular weight is 559 g/mol. The van der Waals surface area contributed by atoms with Gasteiger partial charge in [0.05, 0.1) is 25.3 Å². The lowest BCUT2D eigenvalue weighted by molar-refractivity contribution is -0.189. The number of pyridine rings is 1. The molecule has 3 aromatic rings. The van der Waals surface area contributed by atoms with Crippen LogP contribution in [0.25, 0.3) is 0 Å². The summed E-state index contributed by atoms with van der Waals surface area (Å²) in [6.45, 7) is 4.17. The highest BCUT2D eigenvalue weighted by Gasteiger charge is 2.51. The number of carbonyl (C=O) groups is 3. The van der Waals surface area contributed by atoms with Gasteiger partial charge in [-0.2, -0.15) is 4.39 Å². The van der Waals surface area contributed by atoms with Crippen molar-refractivity contribution in [3.8, 4) is 5.75 Å². The largest absolute Gasteiger partial charge is 0.508 e. The lowest BCUT2D eigenvalue weighted by Gasteiger charge is -2.55. The van der Waals surface area contributed by atoms with Gasteiger partial charge in [-0.1, -0.05) is 54.6 Å². The summed E-state index contributed by atoms with van der Waals surface area (Å²) in [6.07, 6.45) is 0.937. The van der Waals surface area contributed by atoms with Gasteiger partial charge in [-0.15, -0.1) is 6.58 Å². The molecule has 2 aliphatic rings. The molecule has 3 heterocycles. The van der Waals surface area contributed by atoms with E-state index >= 15 is 0 Å². The normalized spacial score (nSPS) is 19.2. The maximum absolute atomic E-state index is 13.9. The highest BCUT2D eigenvalue weighted by molar-refractivity contribution is 5.91. The molecule has 2 aliphatic heterocycles. The van der Waals surface area contributed by atoms with Crippen LogP contribution in [0.3, 0.4) is 0 Å². The average Bonchev–Trinajstić information content (AvgIpc) is 2.96. The molecule has 0 radical (unpaired) electrons. The molecule has 2 saturated heterocycles. The minimum Gasteiger partial charge on any atom is -0.508 e. The van der Waals surface area contributed by atoms with Crippen molar-refractivity contribution in [2.24, 2.45) is 0 Å². The number of nitrogens with zero attached hydrogens (tertiary/aromatic N) is 5. The van der Waals surface area contributed by atoms with E-state index in [1.165, 1.54) is 39.1 Å². The number of urea groups is 1. The number of phenols is 1. The highest BCUT2D eigenvalue weighted by atomic mass is 19.1. The molecule has 4 amide bonds. The first-order valence-electron chi connectivity index (χ1n) is 13.3. The summed E-state index contributed by atoms with van der Waals surface area (Å²) < 4.78 is 13.9. The summed E-state index contributed by atoms with van der Waals surface area (Å²) in [7, 11) is 0. The van der Waals surface area contributed by atoms with Crippen molar-refractivity contribution in [1.82, 2.24) is 30.1 Å². The zero-order valence-electron chi connectivity index (χ0n) is 22.4. The van der Waals surface area contributed by atoms with Gasteiger partial charge in [-0.05, 0) is 35.4 Å². The predicted molar refractivity (Wildman–Crippen MR) is 148 cm³/mol. The number of hydrogen-bond acceptors (Lipinski definition) is 6. The van der Waals surface area contributed by atoms with Gasteiger partial charge >= 0.3 is 6.03 Å². The van der Waals surface area contributed by atoms with Gasteiger partial charge < -0.3 is 20.2 Å². The Morgan fingerprint density at radius 3 is 2.51 bits per heavy atom. The summed E-state index contributed by atoms with van der Waals surface area (Å²) >= 11 is 0. The SMILES string of the molecule is C=CCN1CC(=O)N2[C@@H](Cc3ccc(O)cc3)C(=O)N(Cc3cccc(F)n3)C[C@@H]2N1C(=O)NCc1ccccc1. The number of hydrazine groups is 1. The van der Waals surface area contributed by atoms with Gasteiger partial charge in [0.25, 0.3) is 0 Å². The van der Waals surface area contributed by atoms with Crippen molar-refractivity contribution in [1.29, 1.82) is 0 Å². The van der Waals surface area contributed by atoms with Crippen molar-refractivity contribution < 1.29 is 23.9 Å². The molecule has 2 N–H and O–H groups in total. The van der Waals surface area contributed by atoms with Crippen LogP contribution in [-0.4, -0.2) is 79.6 Å². The smallest absolute Gasteiger partial charge is 0.334 e. The van der Waals surface area contributed by atoms with Gasteiger partial charge in [0.2, 0.25) is 17.8 Å². The fourth-order valence-corrected chi connectivity index (χ4v) is 5.29. The molecular formula is C30H31FN6O4. The first-order valence-corrected chi connectivity index (χ1v) is 13.3. The molecule has 2 fully saturated rings. The summed E-state index contributed by atoms with van der Waals surface area (Å²) in [5, 5.41) is 15.8. The molecule has 11 heteroatoms. The number of aromatic nitrogens is 1. The molecule has 1 aromatic heterocycles. The Balaban J connectivity index is 1.49. The van der Waals surface area contributed by atoms with Gasteiger partial charge in [-0.3, -0.25) is 9.59 Å². The molecule has 2 aromatic carbocycles. The molecule has 0 spiro atoms. The van der Waals surface area contributed by atoms with Crippen LogP contribution >= 0.6 is 0 Å². The van der Waals surface area contributed by atoms with Crippen molar-refractivity contribution in [3.05, 3.63) is 108 Å². The minimum atomic E-state index is -0.936. The lowest BCUT2D eigenvalue weighted by Crippen LogP contribution is -2.76. The fraction of sp³-hybridized carbons (Fsp3) is 0.267. The summed E-state index contributed by atoms with van der Waals surface area (Å²) in [6, 6.07) is 18.9. The van der Waals surface area contributed by atoms with E-state index in [0.717, 1.165) is 11.1 Å². The van der Waals surface area contributed by atoms with Crippen molar-refractivity contribution in [2.75, 3.05) is 19.6 Å². The number of amides is 4. The molecule has 212 valence electrons. The minimum absolute atomic E-state index is 0.00123. The van der Waals surface area contributed by atoms with Crippen molar-refractivity contribution in [3.63, 3.8) is 0 Å². The summed E-state index contributed by atoms with van der Waals surface area (Å²) in [5.74, 6) is -1.22. The van der Waals surface area contributed by atoms with Crippen LogP contribution < -0.4 is 5.32 Å². The van der Waals surface area contributed by atoms with Crippen molar-refractivity contribution in [2.45, 2.75) is 31.7 Å². The molecular weight excluding hydrogens is 527 g/mol. The van der Waals surface area contributed by atoms with Crippen LogP contribution in [0.2, 0.25) is 0 Å². The number of phenolic OH excluding ortho intramolecular Hbond substituents is 1. The quantitative estimate of drug-likeness (QED) is 0.325. The molecule has 0 bridgehead atoms. The number of fused-ring (bicyclic) bond motifs is 1. The van der Waals surface area contributed by atoms with Crippen LogP contribution in [0.15, 0.2) is 85.5 Å². The third-order valence-corrected chi connectivity index (χ3v) is 7.16. The Morgan fingerprint density at radius 1 is 1.05 bits per heavy atom. The van der Waals surface area contributed by atoms with E-state index in [2.05, 4.69) is 16.9 Å². The Bertz CT molecular complexity index is 1420. The van der Waals surface area contributed by atoms with E-state index in [9.17, 15) is 23.9 Å². The van der Waals surface area contributed by atoms with Gasteiger partial charge in [0.15, 0.2) is 0 Å². The van der Waals surface area contributed by atoms with Gasteiger partial charge in [0.1, 0.15) is 18.0 Å². The maximum Gasteiger partial charge on any atom is 0.334 e. The number of carbonyl (C=O) groups excluding carboxylic acids is 3. The maximum atomic E-state index is 13.9. The zero-order valence-corrected chi connectivity index (χ0v) is 22.4. The number of halogens is 1. The van der Waals surface area contributed by atoms with Crippen LogP contribution in [0.5, 0.6) is 5.75 Å². The topological polar surface area (TPSA) is 109 Å². The van der Waals surface area contributed by atoms with E-state index < -0.39 is 24.2 Å². The zero-order chi connectivity index (χ0) is 28.9. The first-order chi connectivity index (χ1) is 19.8. The van der Waals surface area contributed by atoms with E-state index in [4.69, 9.17) is 0 Å². The molecule has 0 aliphatic carbocycles. The number of aromatic hydroxyl groups is 1. The monoisotopic (exact) mass is 558 g/mol. The third-order valence-electron chi connectivity index (χ3n) is 7.16. The van der Waals surface area contributed by atoms with E-state index in [0.29, 0.717) is 5.69 Å². The molecule has 41 heavy (non-hydrogen) atoms. The molecule has 5 rings (SSSR count). The molecule has 2 atom stereocenters. The Kier molecular flexibility index (Phi) is 8.25. The predicted octanol–water partition coefficient (Wildman–Crippen LogP) is 2.66. The number of hydrogen-bond donors (Lipinski definition) is 2. The Labute approximate surface area is 237 Å². The second-order valence-electron chi connectivity index (χ2n) is 9.96. The van der Waals surface area contributed by atoms with Crippen LogP contribution in [0, 0.1) is 5.95 Å². The first kappa shape index (κ1) is 27.8. The van der Waals surface area contributed by atoms with E-state index in [1.54, 1.807) is 29.3 Å². The lowest BCUT2D eigenvalue weighted by atomic mass is 9.98. The summed E-state index contributed by atoms with van der Waals surface area (Å²) in [5.41, 5.74) is 1.98. The van der Waals surface area contributed by atoms with Gasteiger partial charge in [0, 0.05) is 19.5 Å². The number of nitrogens with one attached hydrogen (secondary N) is 1. The highest BCUT2D eigenvalue weighted by Crippen LogP contribution is 2.29. The molecule has 10 nitrogen and oxygen atoms in total. The second-order valence-corrected chi connectivity index (χ2v) is 9.96. The third kappa shape index (κ3) is 6.20. The van der Waals surface area contributed by atoms with Crippen molar-refractivity contribution >= 4 is 17.8 Å². The standard InChI is InChI=1S/C30H31FN6O4/c1-2-15-35-20-28(39)36-25(16-21-11-13-24(38)14-12-21)29(40)34(18-23-9-6-10-26(31)33-23)19-27(36)37(35)30(41)32-17-22-7-4-3-5-8-22/h2-14,25,27,38H,1,15-20H2,(H,32,41)/t25-,27-/m0/s1. The van der Waals surface area contributed by atoms with E-state index in [1.807, 2.05) is 30.3 Å². The van der Waals surface area contributed by atoms with E-state index in [-0.39, 0.29) is 56.7 Å². The number of benzene rings is 2. The fourth-order valence-electron chi connectivity index (χ4n) is 5.29. The number of piperazine rings is 1. The Hall–Kier alpha value is -4.77. The Morgan fingerprint density at radius 2 is 1.80 bits per heavy atom. The number of rotatable bonds is 8. The van der Waals surface area contributed by atoms with Crippen LogP contribution in [-0.2, 0) is 29.1 Å².